The van der Waals surface area contributed by atoms with Crippen LogP contribution in [-0.4, -0.2) is 32.6 Å². The van der Waals surface area contributed by atoms with Crippen molar-refractivity contribution in [2.24, 2.45) is 0 Å². The lowest BCUT2D eigenvalue weighted by Crippen LogP contribution is -2.30. The Balaban J connectivity index is 1.79. The van der Waals surface area contributed by atoms with E-state index in [2.05, 4.69) is 10.2 Å². The molecule has 2 heterocycles. The van der Waals surface area contributed by atoms with E-state index < -0.39 is 5.82 Å². The number of nitrogens with one attached hydrogen (secondary N) is 1. The van der Waals surface area contributed by atoms with Crippen molar-refractivity contribution in [3.63, 3.8) is 0 Å². The Bertz CT molecular complexity index is 931. The molecule has 0 aliphatic heterocycles. The molecule has 0 spiro atoms. The topological polar surface area (TPSA) is 53.9 Å². The van der Waals surface area contributed by atoms with Crippen molar-refractivity contribution < 1.29 is 9.18 Å². The third-order valence-electron chi connectivity index (χ3n) is 3.68. The van der Waals surface area contributed by atoms with Crippen LogP contribution in [0.5, 0.6) is 0 Å². The molecule has 0 aliphatic rings. The lowest BCUT2D eigenvalue weighted by Gasteiger charge is -2.19. The van der Waals surface area contributed by atoms with Crippen molar-refractivity contribution in [3.8, 4) is 10.7 Å². The molecule has 130 valence electrons. The van der Waals surface area contributed by atoms with Crippen LogP contribution in [0.1, 0.15) is 5.56 Å². The molecule has 1 amide bonds. The molecule has 0 saturated carbocycles. The number of carbonyl (C=O) groups excluding carboxylic acids is 1. The number of hydrogen-bond acceptors (Lipinski definition) is 4. The van der Waals surface area contributed by atoms with Gasteiger partial charge in [0, 0.05) is 24.2 Å². The second-order valence-electron chi connectivity index (χ2n) is 5.37. The Morgan fingerprint density at radius 3 is 2.92 bits per heavy atom. The predicted molar refractivity (Wildman–Crippen MR) is 98.6 cm³/mol. The maximum Gasteiger partial charge on any atom is 0.242 e. The number of amides is 1. The lowest BCUT2D eigenvalue weighted by molar-refractivity contribution is -0.131. The monoisotopic (exact) mass is 396 g/mol. The van der Waals surface area contributed by atoms with E-state index in [1.54, 1.807) is 17.7 Å². The molecule has 0 bridgehead atoms. The van der Waals surface area contributed by atoms with E-state index in [1.165, 1.54) is 28.4 Å². The number of H-pyrrole nitrogens is 1. The first-order valence-corrected chi connectivity index (χ1v) is 9.00. The van der Waals surface area contributed by atoms with Crippen LogP contribution >= 0.6 is 35.2 Å². The molecular formula is C16H14ClFN4OS2. The Morgan fingerprint density at radius 2 is 2.24 bits per heavy atom. The van der Waals surface area contributed by atoms with E-state index in [9.17, 15) is 9.18 Å². The van der Waals surface area contributed by atoms with Gasteiger partial charge in [-0.3, -0.25) is 14.5 Å². The highest BCUT2D eigenvalue weighted by Crippen LogP contribution is 2.23. The van der Waals surface area contributed by atoms with Crippen LogP contribution in [-0.2, 0) is 17.9 Å². The van der Waals surface area contributed by atoms with Crippen LogP contribution in [0.4, 0.5) is 4.39 Å². The summed E-state index contributed by atoms with van der Waals surface area (Å²) in [6.07, 6.45) is 0. The van der Waals surface area contributed by atoms with E-state index in [-0.39, 0.29) is 24.6 Å². The van der Waals surface area contributed by atoms with Crippen molar-refractivity contribution in [2.45, 2.75) is 13.1 Å². The average molecular weight is 397 g/mol. The molecule has 0 unspecified atom stereocenters. The highest BCUT2D eigenvalue weighted by molar-refractivity contribution is 7.71. The number of aromatic amines is 1. The van der Waals surface area contributed by atoms with Crippen molar-refractivity contribution in [3.05, 3.63) is 56.9 Å². The molecular weight excluding hydrogens is 383 g/mol. The predicted octanol–water partition coefficient (Wildman–Crippen LogP) is 4.12. The van der Waals surface area contributed by atoms with Crippen molar-refractivity contribution in [1.29, 1.82) is 0 Å². The number of hydrogen-bond donors (Lipinski definition) is 1. The summed E-state index contributed by atoms with van der Waals surface area (Å²) in [5.74, 6) is -0.0633. The fourth-order valence-electron chi connectivity index (χ4n) is 2.32. The average Bonchev–Trinajstić information content (AvgIpc) is 3.21. The number of rotatable bonds is 5. The van der Waals surface area contributed by atoms with Gasteiger partial charge in [-0.2, -0.15) is 5.10 Å². The zero-order valence-electron chi connectivity index (χ0n) is 13.2. The van der Waals surface area contributed by atoms with Crippen molar-refractivity contribution >= 4 is 41.1 Å². The quantitative estimate of drug-likeness (QED) is 0.660. The molecule has 5 nitrogen and oxygen atoms in total. The van der Waals surface area contributed by atoms with Gasteiger partial charge in [0.25, 0.3) is 0 Å². The summed E-state index contributed by atoms with van der Waals surface area (Å²) in [4.78, 5) is 14.9. The van der Waals surface area contributed by atoms with Crippen LogP contribution in [0.3, 0.4) is 0 Å². The van der Waals surface area contributed by atoms with Crippen LogP contribution in [0.15, 0.2) is 35.7 Å². The first-order valence-electron chi connectivity index (χ1n) is 7.33. The van der Waals surface area contributed by atoms with E-state index in [0.717, 1.165) is 4.88 Å². The minimum atomic E-state index is -0.439. The molecule has 2 aromatic heterocycles. The highest BCUT2D eigenvalue weighted by atomic mass is 35.5. The van der Waals surface area contributed by atoms with Crippen LogP contribution in [0.25, 0.3) is 10.7 Å². The second-order valence-corrected chi connectivity index (χ2v) is 7.11. The van der Waals surface area contributed by atoms with Crippen LogP contribution in [0.2, 0.25) is 5.02 Å². The Kier molecular flexibility index (Phi) is 5.31. The van der Waals surface area contributed by atoms with E-state index in [0.29, 0.717) is 15.6 Å². The van der Waals surface area contributed by atoms with Gasteiger partial charge in [-0.05, 0) is 35.8 Å². The van der Waals surface area contributed by atoms with E-state index in [4.69, 9.17) is 23.8 Å². The Hall–Kier alpha value is -2.03. The summed E-state index contributed by atoms with van der Waals surface area (Å²) in [6.45, 7) is 0.0784. The number of benzene rings is 1. The first-order chi connectivity index (χ1) is 12.0. The molecule has 0 saturated heterocycles. The van der Waals surface area contributed by atoms with Gasteiger partial charge in [0.15, 0.2) is 10.6 Å². The molecule has 3 rings (SSSR count). The Labute approximate surface area is 157 Å². The molecule has 1 aromatic carbocycles. The van der Waals surface area contributed by atoms with Gasteiger partial charge in [-0.1, -0.05) is 23.7 Å². The van der Waals surface area contributed by atoms with Gasteiger partial charge in [-0.25, -0.2) is 4.39 Å². The fourth-order valence-corrected chi connectivity index (χ4v) is 3.46. The van der Waals surface area contributed by atoms with E-state index in [1.807, 2.05) is 17.5 Å². The standard InChI is InChI=1S/C16H14ClFN4OS2/c1-21(8-10-11(17)4-2-5-12(10)18)14(23)9-22-15(19-20-16(22)24)13-6-3-7-25-13/h2-7H,8-9H2,1H3,(H,20,24). The summed E-state index contributed by atoms with van der Waals surface area (Å²) in [5.41, 5.74) is 0.286. The first kappa shape index (κ1) is 17.8. The van der Waals surface area contributed by atoms with Gasteiger partial charge in [0.1, 0.15) is 12.4 Å². The molecule has 0 aliphatic carbocycles. The van der Waals surface area contributed by atoms with Gasteiger partial charge < -0.3 is 4.90 Å². The van der Waals surface area contributed by atoms with Crippen LogP contribution < -0.4 is 0 Å². The number of nitrogens with zero attached hydrogens (tertiary/aromatic N) is 3. The largest absolute Gasteiger partial charge is 0.340 e. The summed E-state index contributed by atoms with van der Waals surface area (Å²) in [6, 6.07) is 8.25. The fraction of sp³-hybridized carbons (Fsp3) is 0.188. The van der Waals surface area contributed by atoms with Crippen LogP contribution in [0, 0.1) is 10.6 Å². The third kappa shape index (κ3) is 3.81. The maximum atomic E-state index is 13.9. The maximum absolute atomic E-state index is 13.9. The lowest BCUT2D eigenvalue weighted by atomic mass is 10.2. The minimum Gasteiger partial charge on any atom is -0.340 e. The third-order valence-corrected chi connectivity index (χ3v) is 5.21. The second kappa shape index (κ2) is 7.47. The Morgan fingerprint density at radius 1 is 1.44 bits per heavy atom. The van der Waals surface area contributed by atoms with Gasteiger partial charge in [0.05, 0.1) is 4.88 Å². The molecule has 0 atom stereocenters. The SMILES string of the molecule is CN(Cc1c(F)cccc1Cl)C(=O)Cn1c(-c2cccs2)n[nH]c1=S. The van der Waals surface area contributed by atoms with E-state index >= 15 is 0 Å². The van der Waals surface area contributed by atoms with Gasteiger partial charge >= 0.3 is 0 Å². The smallest absolute Gasteiger partial charge is 0.242 e. The summed E-state index contributed by atoms with van der Waals surface area (Å²) >= 11 is 12.8. The molecule has 9 heteroatoms. The molecule has 25 heavy (non-hydrogen) atoms. The number of aromatic nitrogens is 3. The molecule has 1 N–H and O–H groups in total. The van der Waals surface area contributed by atoms with Crippen molar-refractivity contribution in [1.82, 2.24) is 19.7 Å². The number of likely N-dealkylation sites (N-methyl/N-ethyl adjacent to an activating group) is 1. The molecule has 0 fully saturated rings. The van der Waals surface area contributed by atoms with Gasteiger partial charge in [0.2, 0.25) is 5.91 Å². The normalized spacial score (nSPS) is 10.8. The van der Waals surface area contributed by atoms with Crippen molar-refractivity contribution in [2.75, 3.05) is 7.05 Å². The van der Waals surface area contributed by atoms with Gasteiger partial charge in [-0.15, -0.1) is 11.3 Å². The summed E-state index contributed by atoms with van der Waals surface area (Å²) in [5, 5.41) is 9.11. The molecule has 0 radical (unpaired) electrons. The summed E-state index contributed by atoms with van der Waals surface area (Å²) < 4.78 is 15.9. The zero-order valence-corrected chi connectivity index (χ0v) is 15.6. The number of thiophene rings is 1. The number of carbonyl (C=O) groups is 1. The number of halogens is 2. The minimum absolute atomic E-state index is 0.00510. The zero-order chi connectivity index (χ0) is 18.0. The molecule has 3 aromatic rings. The summed E-state index contributed by atoms with van der Waals surface area (Å²) in [7, 11) is 1.60. The highest BCUT2D eigenvalue weighted by Gasteiger charge is 2.18.